The number of ether oxygens (including phenoxy) is 1. The number of aliphatic hydroxyl groups is 3. The lowest BCUT2D eigenvalue weighted by atomic mass is 9.88. The number of hydrogen-bond donors (Lipinski definition) is 4. The molecule has 0 unspecified atom stereocenters. The second-order valence-corrected chi connectivity index (χ2v) is 5.07. The maximum atomic E-state index is 12.0. The van der Waals surface area contributed by atoms with Gasteiger partial charge in [-0.3, -0.25) is 9.59 Å². The SMILES string of the molecule is COc1cc2c(c(O)c1CC[C@@H](C)O)C(=O)C(O)=C(O)C2=O. The fraction of sp³-hybridized carbons (Fsp3) is 0.333. The Kier molecular flexibility index (Phi) is 4.09. The van der Waals surface area contributed by atoms with Gasteiger partial charge in [0, 0.05) is 11.1 Å². The third kappa shape index (κ3) is 2.39. The van der Waals surface area contributed by atoms with Crippen LogP contribution < -0.4 is 4.74 Å². The number of aromatic hydroxyl groups is 1. The highest BCUT2D eigenvalue weighted by atomic mass is 16.5. The highest BCUT2D eigenvalue weighted by molar-refractivity contribution is 6.26. The third-order valence-corrected chi connectivity index (χ3v) is 3.52. The van der Waals surface area contributed by atoms with Crippen molar-refractivity contribution in [2.24, 2.45) is 0 Å². The number of rotatable bonds is 4. The molecule has 22 heavy (non-hydrogen) atoms. The van der Waals surface area contributed by atoms with Crippen molar-refractivity contribution < 1.29 is 34.8 Å². The van der Waals surface area contributed by atoms with Crippen molar-refractivity contribution in [2.75, 3.05) is 7.11 Å². The summed E-state index contributed by atoms with van der Waals surface area (Å²) in [5.41, 5.74) is -0.366. The number of hydrogen-bond acceptors (Lipinski definition) is 7. The molecule has 1 aliphatic carbocycles. The number of phenols is 1. The Morgan fingerprint density at radius 2 is 1.73 bits per heavy atom. The molecule has 118 valence electrons. The van der Waals surface area contributed by atoms with Crippen molar-refractivity contribution in [3.8, 4) is 11.5 Å². The van der Waals surface area contributed by atoms with Gasteiger partial charge in [-0.1, -0.05) is 0 Å². The first-order valence-corrected chi connectivity index (χ1v) is 6.62. The van der Waals surface area contributed by atoms with E-state index < -0.39 is 34.9 Å². The van der Waals surface area contributed by atoms with Gasteiger partial charge in [-0.25, -0.2) is 0 Å². The van der Waals surface area contributed by atoms with E-state index in [4.69, 9.17) is 4.74 Å². The van der Waals surface area contributed by atoms with Crippen molar-refractivity contribution in [1.82, 2.24) is 0 Å². The molecule has 0 amide bonds. The minimum absolute atomic E-state index is 0.159. The summed E-state index contributed by atoms with van der Waals surface area (Å²) in [7, 11) is 1.33. The number of allylic oxidation sites excluding steroid dienone is 2. The van der Waals surface area contributed by atoms with E-state index in [0.717, 1.165) is 0 Å². The molecule has 1 aromatic rings. The average molecular weight is 308 g/mol. The molecule has 0 aromatic heterocycles. The first kappa shape index (κ1) is 15.8. The summed E-state index contributed by atoms with van der Waals surface area (Å²) < 4.78 is 5.10. The van der Waals surface area contributed by atoms with Crippen molar-refractivity contribution in [3.63, 3.8) is 0 Å². The Bertz CT molecular complexity index is 686. The first-order valence-electron chi connectivity index (χ1n) is 6.62. The van der Waals surface area contributed by atoms with Gasteiger partial charge in [0.15, 0.2) is 0 Å². The molecule has 0 spiro atoms. The molecule has 0 fully saturated rings. The van der Waals surface area contributed by atoms with Crippen LogP contribution in [-0.2, 0) is 6.42 Å². The van der Waals surface area contributed by atoms with E-state index in [1.807, 2.05) is 0 Å². The van der Waals surface area contributed by atoms with E-state index in [-0.39, 0.29) is 28.9 Å². The van der Waals surface area contributed by atoms with Crippen molar-refractivity contribution in [3.05, 3.63) is 34.3 Å². The van der Waals surface area contributed by atoms with Gasteiger partial charge in [0.2, 0.25) is 23.1 Å². The van der Waals surface area contributed by atoms with Gasteiger partial charge in [-0.15, -0.1) is 0 Å². The first-order chi connectivity index (χ1) is 10.3. The van der Waals surface area contributed by atoms with Crippen molar-refractivity contribution in [2.45, 2.75) is 25.9 Å². The largest absolute Gasteiger partial charge is 0.507 e. The molecule has 1 aliphatic rings. The van der Waals surface area contributed by atoms with Gasteiger partial charge >= 0.3 is 0 Å². The van der Waals surface area contributed by atoms with E-state index in [0.29, 0.717) is 6.42 Å². The second-order valence-electron chi connectivity index (χ2n) is 5.07. The Labute approximate surface area is 126 Å². The predicted octanol–water partition coefficient (Wildman–Crippen LogP) is 1.42. The van der Waals surface area contributed by atoms with Crippen LogP contribution in [0, 0.1) is 0 Å². The maximum Gasteiger partial charge on any atom is 0.235 e. The van der Waals surface area contributed by atoms with Crippen molar-refractivity contribution >= 4 is 11.6 Å². The lowest BCUT2D eigenvalue weighted by Gasteiger charge is -2.20. The summed E-state index contributed by atoms with van der Waals surface area (Å²) in [6.07, 6.45) is -0.120. The maximum absolute atomic E-state index is 12.0. The minimum atomic E-state index is -1.10. The van der Waals surface area contributed by atoms with Gasteiger partial charge in [0.1, 0.15) is 11.5 Å². The zero-order valence-electron chi connectivity index (χ0n) is 12.1. The molecule has 4 N–H and O–H groups in total. The number of carbonyl (C=O) groups is 2. The summed E-state index contributed by atoms with van der Waals surface area (Å²) in [5.74, 6) is -4.50. The molecule has 1 atom stereocenters. The Balaban J connectivity index is 2.65. The smallest absolute Gasteiger partial charge is 0.235 e. The summed E-state index contributed by atoms with van der Waals surface area (Å²) in [5, 5.41) is 38.6. The highest BCUT2D eigenvalue weighted by Gasteiger charge is 2.36. The number of aliphatic hydroxyl groups excluding tert-OH is 3. The number of methoxy groups -OCH3 is 1. The molecular formula is C15H16O7. The van der Waals surface area contributed by atoms with Crippen LogP contribution in [-0.4, -0.2) is 45.2 Å². The van der Waals surface area contributed by atoms with E-state index in [2.05, 4.69) is 0 Å². The summed E-state index contributed by atoms with van der Waals surface area (Å²) in [6, 6.07) is 1.23. The van der Waals surface area contributed by atoms with Gasteiger partial charge in [-0.2, -0.15) is 0 Å². The normalized spacial score (nSPS) is 15.8. The monoisotopic (exact) mass is 308 g/mol. The van der Waals surface area contributed by atoms with Crippen LogP contribution in [0.5, 0.6) is 11.5 Å². The molecule has 0 aliphatic heterocycles. The fourth-order valence-corrected chi connectivity index (χ4v) is 2.33. The molecule has 0 bridgehead atoms. The molecule has 7 heteroatoms. The molecule has 1 aromatic carbocycles. The quantitative estimate of drug-likeness (QED) is 0.663. The van der Waals surface area contributed by atoms with Gasteiger partial charge in [-0.05, 0) is 25.8 Å². The number of fused-ring (bicyclic) bond motifs is 1. The van der Waals surface area contributed by atoms with E-state index >= 15 is 0 Å². The number of ketones is 2. The van der Waals surface area contributed by atoms with Crippen molar-refractivity contribution in [1.29, 1.82) is 0 Å². The van der Waals surface area contributed by atoms with Crippen LogP contribution in [0.15, 0.2) is 17.6 Å². The second kappa shape index (κ2) is 5.69. The van der Waals surface area contributed by atoms with Crippen LogP contribution in [0.1, 0.15) is 39.6 Å². The number of phenolic OH excluding ortho intramolecular Hbond substituents is 1. The van der Waals surface area contributed by atoms with Crippen LogP contribution in [0.4, 0.5) is 0 Å². The lowest BCUT2D eigenvalue weighted by molar-refractivity contribution is 0.0877. The standard InChI is InChI=1S/C15H16O7/c1-6(16)3-4-7-9(22-2)5-8-10(11(7)17)13(19)15(21)14(20)12(8)18/h5-6,16-17,20-21H,3-4H2,1-2H3/t6-/m1/s1. The number of carbonyl (C=O) groups excluding carboxylic acids is 2. The molecular weight excluding hydrogens is 292 g/mol. The van der Waals surface area contributed by atoms with Gasteiger partial charge in [0.05, 0.1) is 18.8 Å². The Morgan fingerprint density at radius 1 is 1.14 bits per heavy atom. The fourth-order valence-electron chi connectivity index (χ4n) is 2.33. The molecule has 0 heterocycles. The number of Topliss-reactive ketones (excluding diaryl/α,β-unsaturated/α-hetero) is 2. The summed E-state index contributed by atoms with van der Waals surface area (Å²) >= 11 is 0. The zero-order chi connectivity index (χ0) is 16.6. The predicted molar refractivity (Wildman–Crippen MR) is 75.6 cm³/mol. The molecule has 0 radical (unpaired) electrons. The van der Waals surface area contributed by atoms with Crippen LogP contribution in [0.25, 0.3) is 0 Å². The third-order valence-electron chi connectivity index (χ3n) is 3.52. The van der Waals surface area contributed by atoms with E-state index in [1.165, 1.54) is 13.2 Å². The Morgan fingerprint density at radius 3 is 2.27 bits per heavy atom. The topological polar surface area (TPSA) is 124 Å². The van der Waals surface area contributed by atoms with Crippen LogP contribution in [0.3, 0.4) is 0 Å². The zero-order valence-corrected chi connectivity index (χ0v) is 12.1. The van der Waals surface area contributed by atoms with Gasteiger partial charge in [0.25, 0.3) is 0 Å². The molecule has 2 rings (SSSR count). The summed E-state index contributed by atoms with van der Waals surface area (Å²) in [4.78, 5) is 24.0. The summed E-state index contributed by atoms with van der Waals surface area (Å²) in [6.45, 7) is 1.57. The van der Waals surface area contributed by atoms with Crippen LogP contribution in [0.2, 0.25) is 0 Å². The van der Waals surface area contributed by atoms with E-state index in [1.54, 1.807) is 6.92 Å². The Hall–Kier alpha value is -2.54. The minimum Gasteiger partial charge on any atom is -0.507 e. The average Bonchev–Trinajstić information content (AvgIpc) is 2.48. The highest BCUT2D eigenvalue weighted by Crippen LogP contribution is 2.39. The lowest BCUT2D eigenvalue weighted by Crippen LogP contribution is -2.23. The molecule has 0 saturated carbocycles. The van der Waals surface area contributed by atoms with Crippen LogP contribution >= 0.6 is 0 Å². The molecule has 0 saturated heterocycles. The molecule has 7 nitrogen and oxygen atoms in total. The van der Waals surface area contributed by atoms with Gasteiger partial charge < -0.3 is 25.2 Å². The van der Waals surface area contributed by atoms with E-state index in [9.17, 15) is 30.0 Å². The number of benzene rings is 1.